The summed E-state index contributed by atoms with van der Waals surface area (Å²) in [5.41, 5.74) is 3.19. The number of pyridine rings is 1. The Bertz CT molecular complexity index is 505. The van der Waals surface area contributed by atoms with Gasteiger partial charge in [0.1, 0.15) is 6.10 Å². The number of hydrogen-bond acceptors (Lipinski definition) is 2. The zero-order chi connectivity index (χ0) is 11.7. The molecule has 1 aromatic carbocycles. The van der Waals surface area contributed by atoms with E-state index in [9.17, 15) is 5.11 Å². The molecule has 1 N–H and O–H groups in total. The van der Waals surface area contributed by atoms with Crippen LogP contribution in [0.3, 0.4) is 0 Å². The van der Waals surface area contributed by atoms with E-state index in [4.69, 9.17) is 0 Å². The van der Waals surface area contributed by atoms with E-state index in [0.717, 1.165) is 11.1 Å². The van der Waals surface area contributed by atoms with Gasteiger partial charge in [-0.3, -0.25) is 4.98 Å². The van der Waals surface area contributed by atoms with E-state index >= 15 is 0 Å². The van der Waals surface area contributed by atoms with E-state index in [2.05, 4.69) is 11.1 Å². The number of hydrogen-bond donors (Lipinski definition) is 1. The second kappa shape index (κ2) is 4.30. The molecule has 0 spiro atoms. The molecule has 0 aliphatic heterocycles. The van der Waals surface area contributed by atoms with Crippen LogP contribution >= 0.6 is 0 Å². The number of aliphatic hydroxyl groups is 1. The number of benzene rings is 1. The Morgan fingerprint density at radius 1 is 1.12 bits per heavy atom. The quantitative estimate of drug-likeness (QED) is 0.871. The lowest BCUT2D eigenvalue weighted by atomic mass is 9.95. The highest BCUT2D eigenvalue weighted by molar-refractivity contribution is 5.38. The fourth-order valence-corrected chi connectivity index (χ4v) is 2.24. The van der Waals surface area contributed by atoms with Crippen LogP contribution < -0.4 is 0 Å². The molecule has 0 amide bonds. The molecule has 3 rings (SSSR count). The van der Waals surface area contributed by atoms with Gasteiger partial charge in [0.05, 0.1) is 0 Å². The van der Waals surface area contributed by atoms with Crippen molar-refractivity contribution in [1.29, 1.82) is 0 Å². The van der Waals surface area contributed by atoms with E-state index < -0.39 is 6.10 Å². The van der Waals surface area contributed by atoms with Gasteiger partial charge in [-0.25, -0.2) is 0 Å². The smallest absolute Gasteiger partial charge is 0.106 e. The molecule has 1 saturated carbocycles. The molecule has 2 heteroatoms. The summed E-state index contributed by atoms with van der Waals surface area (Å²) in [6, 6.07) is 12.0. The highest BCUT2D eigenvalue weighted by Gasteiger charge is 2.27. The van der Waals surface area contributed by atoms with Crippen molar-refractivity contribution in [2.24, 2.45) is 0 Å². The fraction of sp³-hybridized carbons (Fsp3) is 0.267. The van der Waals surface area contributed by atoms with Crippen molar-refractivity contribution in [2.75, 3.05) is 0 Å². The summed E-state index contributed by atoms with van der Waals surface area (Å²) in [7, 11) is 0. The Morgan fingerprint density at radius 2 is 1.94 bits per heavy atom. The Labute approximate surface area is 101 Å². The lowest BCUT2D eigenvalue weighted by molar-refractivity contribution is 0.218. The molecule has 0 radical (unpaired) electrons. The van der Waals surface area contributed by atoms with Crippen molar-refractivity contribution in [1.82, 2.24) is 4.98 Å². The standard InChI is InChI=1S/C15H15NO/c17-15(12-4-3-9-16-10-12)14-6-2-1-5-13(14)11-7-8-11/h1-6,9-11,15,17H,7-8H2. The van der Waals surface area contributed by atoms with Crippen LogP contribution in [-0.4, -0.2) is 10.1 Å². The normalized spacial score (nSPS) is 16.8. The molecule has 86 valence electrons. The predicted octanol–water partition coefficient (Wildman–Crippen LogP) is 3.04. The zero-order valence-corrected chi connectivity index (χ0v) is 9.58. The van der Waals surface area contributed by atoms with E-state index in [1.165, 1.54) is 18.4 Å². The number of aromatic nitrogens is 1. The van der Waals surface area contributed by atoms with Crippen molar-refractivity contribution in [3.8, 4) is 0 Å². The molecule has 1 fully saturated rings. The van der Waals surface area contributed by atoms with Gasteiger partial charge in [-0.1, -0.05) is 30.3 Å². The zero-order valence-electron chi connectivity index (χ0n) is 9.58. The van der Waals surface area contributed by atoms with Gasteiger partial charge in [0, 0.05) is 18.0 Å². The number of rotatable bonds is 3. The first kappa shape index (κ1) is 10.5. The molecule has 0 bridgehead atoms. The first-order valence-corrected chi connectivity index (χ1v) is 6.03. The first-order valence-electron chi connectivity index (χ1n) is 6.03. The molecular formula is C15H15NO. The Kier molecular flexibility index (Phi) is 2.65. The number of aliphatic hydroxyl groups excluding tert-OH is 1. The highest BCUT2D eigenvalue weighted by Crippen LogP contribution is 2.43. The van der Waals surface area contributed by atoms with Crippen LogP contribution in [-0.2, 0) is 0 Å². The third kappa shape index (κ3) is 2.08. The summed E-state index contributed by atoms with van der Waals surface area (Å²) >= 11 is 0. The van der Waals surface area contributed by atoms with Crippen LogP contribution in [0.4, 0.5) is 0 Å². The van der Waals surface area contributed by atoms with Gasteiger partial charge < -0.3 is 5.11 Å². The third-order valence-electron chi connectivity index (χ3n) is 3.31. The molecule has 1 heterocycles. The minimum atomic E-state index is -0.555. The van der Waals surface area contributed by atoms with Gasteiger partial charge in [0.25, 0.3) is 0 Å². The molecule has 1 aliphatic carbocycles. The van der Waals surface area contributed by atoms with Gasteiger partial charge in [0.2, 0.25) is 0 Å². The summed E-state index contributed by atoms with van der Waals surface area (Å²) in [6.45, 7) is 0. The SMILES string of the molecule is OC(c1cccnc1)c1ccccc1C1CC1. The maximum atomic E-state index is 10.4. The summed E-state index contributed by atoms with van der Waals surface area (Å²) in [5.74, 6) is 0.650. The van der Waals surface area contributed by atoms with E-state index in [-0.39, 0.29) is 0 Å². The molecule has 17 heavy (non-hydrogen) atoms. The lowest BCUT2D eigenvalue weighted by Crippen LogP contribution is -2.03. The monoisotopic (exact) mass is 225 g/mol. The molecule has 1 unspecified atom stereocenters. The summed E-state index contributed by atoms with van der Waals surface area (Å²) in [6.07, 6.45) is 5.39. The van der Waals surface area contributed by atoms with Gasteiger partial charge in [-0.2, -0.15) is 0 Å². The lowest BCUT2D eigenvalue weighted by Gasteiger charge is -2.15. The fourth-order valence-electron chi connectivity index (χ4n) is 2.24. The maximum absolute atomic E-state index is 10.4. The summed E-state index contributed by atoms with van der Waals surface area (Å²) < 4.78 is 0. The van der Waals surface area contributed by atoms with Crippen molar-refractivity contribution >= 4 is 0 Å². The van der Waals surface area contributed by atoms with E-state index in [1.54, 1.807) is 12.4 Å². The van der Waals surface area contributed by atoms with E-state index in [0.29, 0.717) is 5.92 Å². The highest BCUT2D eigenvalue weighted by atomic mass is 16.3. The molecule has 1 aliphatic rings. The van der Waals surface area contributed by atoms with Crippen LogP contribution in [0.2, 0.25) is 0 Å². The largest absolute Gasteiger partial charge is 0.384 e. The van der Waals surface area contributed by atoms with Crippen molar-refractivity contribution < 1.29 is 5.11 Å². The van der Waals surface area contributed by atoms with Crippen LogP contribution in [0, 0.1) is 0 Å². The molecular weight excluding hydrogens is 210 g/mol. The van der Waals surface area contributed by atoms with Crippen molar-refractivity contribution in [2.45, 2.75) is 24.9 Å². The van der Waals surface area contributed by atoms with Gasteiger partial charge in [0.15, 0.2) is 0 Å². The third-order valence-corrected chi connectivity index (χ3v) is 3.31. The Balaban J connectivity index is 1.98. The average molecular weight is 225 g/mol. The van der Waals surface area contributed by atoms with Crippen molar-refractivity contribution in [3.05, 3.63) is 65.5 Å². The second-order valence-corrected chi connectivity index (χ2v) is 4.59. The molecule has 1 aromatic heterocycles. The summed E-state index contributed by atoms with van der Waals surface area (Å²) in [4.78, 5) is 4.06. The predicted molar refractivity (Wildman–Crippen MR) is 66.7 cm³/mol. The van der Waals surface area contributed by atoms with Crippen LogP contribution in [0.25, 0.3) is 0 Å². The average Bonchev–Trinajstić information content (AvgIpc) is 3.23. The minimum absolute atomic E-state index is 0.555. The van der Waals surface area contributed by atoms with E-state index in [1.807, 2.05) is 30.3 Å². The minimum Gasteiger partial charge on any atom is -0.384 e. The van der Waals surface area contributed by atoms with Crippen LogP contribution in [0.1, 0.15) is 41.6 Å². The molecule has 2 aromatic rings. The van der Waals surface area contributed by atoms with Crippen LogP contribution in [0.5, 0.6) is 0 Å². The van der Waals surface area contributed by atoms with Crippen molar-refractivity contribution in [3.63, 3.8) is 0 Å². The number of nitrogens with zero attached hydrogens (tertiary/aromatic N) is 1. The Morgan fingerprint density at radius 3 is 2.65 bits per heavy atom. The molecule has 2 nitrogen and oxygen atoms in total. The van der Waals surface area contributed by atoms with Gasteiger partial charge >= 0.3 is 0 Å². The topological polar surface area (TPSA) is 33.1 Å². The van der Waals surface area contributed by atoms with Crippen LogP contribution in [0.15, 0.2) is 48.8 Å². The maximum Gasteiger partial charge on any atom is 0.106 e. The van der Waals surface area contributed by atoms with Gasteiger partial charge in [-0.05, 0) is 36.0 Å². The first-order chi connectivity index (χ1) is 8.36. The second-order valence-electron chi connectivity index (χ2n) is 4.59. The summed E-state index contributed by atoms with van der Waals surface area (Å²) in [5, 5.41) is 10.4. The molecule has 1 atom stereocenters. The Hall–Kier alpha value is -1.67. The molecule has 0 saturated heterocycles. The van der Waals surface area contributed by atoms with Gasteiger partial charge in [-0.15, -0.1) is 0 Å².